The Kier molecular flexibility index (Phi) is 5.67. The zero-order valence-electron chi connectivity index (χ0n) is 15.3. The van der Waals surface area contributed by atoms with Gasteiger partial charge in [0.05, 0.1) is 11.3 Å². The summed E-state index contributed by atoms with van der Waals surface area (Å²) < 4.78 is 5.92. The number of nitrogens with zero attached hydrogens (tertiary/aromatic N) is 1. The van der Waals surface area contributed by atoms with Gasteiger partial charge in [-0.25, -0.2) is 4.79 Å². The van der Waals surface area contributed by atoms with Gasteiger partial charge in [-0.3, -0.25) is 4.99 Å². The lowest BCUT2D eigenvalue weighted by molar-refractivity contribution is 0.0697. The molecule has 0 atom stereocenters. The van der Waals surface area contributed by atoms with Gasteiger partial charge in [-0.15, -0.1) is 0 Å². The molecule has 0 radical (unpaired) electrons. The summed E-state index contributed by atoms with van der Waals surface area (Å²) in [6.07, 6.45) is 1.80. The third kappa shape index (κ3) is 4.82. The van der Waals surface area contributed by atoms with Crippen LogP contribution in [0.3, 0.4) is 0 Å². The van der Waals surface area contributed by atoms with Crippen LogP contribution in [-0.2, 0) is 6.61 Å². The molecule has 0 heterocycles. The molecule has 0 aliphatic rings. The largest absolute Gasteiger partial charge is 0.488 e. The lowest BCUT2D eigenvalue weighted by Gasteiger charge is -2.09. The molecule has 4 heteroatoms. The number of carbonyl (C=O) groups is 1. The van der Waals surface area contributed by atoms with Crippen molar-refractivity contribution in [2.45, 2.75) is 20.5 Å². The third-order valence-electron chi connectivity index (χ3n) is 4.36. The van der Waals surface area contributed by atoms with E-state index in [9.17, 15) is 4.79 Å². The van der Waals surface area contributed by atoms with Gasteiger partial charge >= 0.3 is 5.97 Å². The first-order chi connectivity index (χ1) is 13.0. The molecule has 0 unspecified atom stereocenters. The van der Waals surface area contributed by atoms with Crippen molar-refractivity contribution >= 4 is 17.9 Å². The molecule has 3 aromatic carbocycles. The molecule has 0 spiro atoms. The van der Waals surface area contributed by atoms with Gasteiger partial charge in [-0.1, -0.05) is 30.3 Å². The van der Waals surface area contributed by atoms with Crippen LogP contribution in [0.2, 0.25) is 0 Å². The molecule has 0 saturated carbocycles. The Morgan fingerprint density at radius 2 is 1.74 bits per heavy atom. The second-order valence-electron chi connectivity index (χ2n) is 6.36. The Bertz CT molecular complexity index is 975. The minimum Gasteiger partial charge on any atom is -0.488 e. The first kappa shape index (κ1) is 18.4. The van der Waals surface area contributed by atoms with Crippen LogP contribution in [-0.4, -0.2) is 17.3 Å². The smallest absolute Gasteiger partial charge is 0.335 e. The zero-order chi connectivity index (χ0) is 19.2. The molecule has 4 nitrogen and oxygen atoms in total. The Labute approximate surface area is 158 Å². The van der Waals surface area contributed by atoms with Crippen LogP contribution < -0.4 is 4.74 Å². The maximum absolute atomic E-state index is 10.9. The molecule has 3 aromatic rings. The van der Waals surface area contributed by atoms with Gasteiger partial charge < -0.3 is 9.84 Å². The predicted octanol–water partition coefficient (Wildman–Crippen LogP) is 5.33. The van der Waals surface area contributed by atoms with E-state index >= 15 is 0 Å². The average Bonchev–Trinajstić information content (AvgIpc) is 2.68. The van der Waals surface area contributed by atoms with Crippen LogP contribution in [0.5, 0.6) is 5.75 Å². The number of benzene rings is 3. The van der Waals surface area contributed by atoms with E-state index in [1.807, 2.05) is 30.3 Å². The van der Waals surface area contributed by atoms with Crippen molar-refractivity contribution in [1.29, 1.82) is 0 Å². The van der Waals surface area contributed by atoms with Gasteiger partial charge in [-0.2, -0.15) is 0 Å². The van der Waals surface area contributed by atoms with Crippen molar-refractivity contribution in [3.8, 4) is 5.75 Å². The number of ether oxygens (including phenoxy) is 1. The molecule has 136 valence electrons. The maximum Gasteiger partial charge on any atom is 0.335 e. The number of hydrogen-bond donors (Lipinski definition) is 1. The van der Waals surface area contributed by atoms with Crippen LogP contribution in [0, 0.1) is 13.8 Å². The standard InChI is InChI=1S/C23H21NO3/c1-16-7-12-21(13-17(16)2)24-14-20-5-3-4-6-22(20)27-15-18-8-10-19(11-9-18)23(25)26/h3-14H,15H2,1-2H3,(H,25,26). The topological polar surface area (TPSA) is 58.9 Å². The van der Waals surface area contributed by atoms with Crippen molar-refractivity contribution in [3.63, 3.8) is 0 Å². The summed E-state index contributed by atoms with van der Waals surface area (Å²) in [5.41, 5.74) is 5.40. The lowest BCUT2D eigenvalue weighted by atomic mass is 10.1. The van der Waals surface area contributed by atoms with Crippen LogP contribution >= 0.6 is 0 Å². The number of hydrogen-bond acceptors (Lipinski definition) is 3. The second kappa shape index (κ2) is 8.32. The quantitative estimate of drug-likeness (QED) is 0.605. The molecule has 0 bridgehead atoms. The highest BCUT2D eigenvalue weighted by molar-refractivity contribution is 5.87. The van der Waals surface area contributed by atoms with Crippen molar-refractivity contribution < 1.29 is 14.6 Å². The van der Waals surface area contributed by atoms with E-state index in [0.29, 0.717) is 6.61 Å². The third-order valence-corrected chi connectivity index (χ3v) is 4.36. The lowest BCUT2D eigenvalue weighted by Crippen LogP contribution is -2.00. The summed E-state index contributed by atoms with van der Waals surface area (Å²) in [4.78, 5) is 15.5. The molecule has 0 aromatic heterocycles. The molecule has 0 amide bonds. The zero-order valence-corrected chi connectivity index (χ0v) is 15.3. The molecular formula is C23H21NO3. The highest BCUT2D eigenvalue weighted by atomic mass is 16.5. The molecular weight excluding hydrogens is 338 g/mol. The maximum atomic E-state index is 10.9. The summed E-state index contributed by atoms with van der Waals surface area (Å²) in [6.45, 7) is 4.50. The fraction of sp³-hybridized carbons (Fsp3) is 0.130. The highest BCUT2D eigenvalue weighted by Crippen LogP contribution is 2.21. The Balaban J connectivity index is 1.72. The predicted molar refractivity (Wildman–Crippen MR) is 107 cm³/mol. The Hall–Kier alpha value is -3.40. The first-order valence-electron chi connectivity index (χ1n) is 8.68. The van der Waals surface area contributed by atoms with Crippen molar-refractivity contribution in [2.24, 2.45) is 4.99 Å². The monoisotopic (exact) mass is 359 g/mol. The van der Waals surface area contributed by atoms with Gasteiger partial charge in [0.2, 0.25) is 0 Å². The van der Waals surface area contributed by atoms with E-state index in [4.69, 9.17) is 9.84 Å². The normalized spacial score (nSPS) is 10.9. The van der Waals surface area contributed by atoms with Gasteiger partial charge in [0.15, 0.2) is 0 Å². The van der Waals surface area contributed by atoms with Gasteiger partial charge in [0.1, 0.15) is 12.4 Å². The second-order valence-corrected chi connectivity index (χ2v) is 6.36. The van der Waals surface area contributed by atoms with E-state index in [1.54, 1.807) is 30.5 Å². The van der Waals surface area contributed by atoms with Crippen LogP contribution in [0.25, 0.3) is 0 Å². The average molecular weight is 359 g/mol. The van der Waals surface area contributed by atoms with Crippen molar-refractivity contribution in [2.75, 3.05) is 0 Å². The Morgan fingerprint density at radius 3 is 2.44 bits per heavy atom. The molecule has 3 rings (SSSR count). The first-order valence-corrected chi connectivity index (χ1v) is 8.68. The van der Waals surface area contributed by atoms with Crippen LogP contribution in [0.4, 0.5) is 5.69 Å². The SMILES string of the molecule is Cc1ccc(N=Cc2ccccc2OCc2ccc(C(=O)O)cc2)cc1C. The number of rotatable bonds is 6. The fourth-order valence-electron chi connectivity index (χ4n) is 2.57. The number of para-hydroxylation sites is 1. The van der Waals surface area contributed by atoms with Gasteiger partial charge in [-0.05, 0) is 66.9 Å². The number of carboxylic acids is 1. The van der Waals surface area contributed by atoms with E-state index in [1.165, 1.54) is 11.1 Å². The number of aryl methyl sites for hydroxylation is 2. The minimum atomic E-state index is -0.935. The van der Waals surface area contributed by atoms with Crippen molar-refractivity contribution in [1.82, 2.24) is 0 Å². The van der Waals surface area contributed by atoms with Crippen LogP contribution in [0.1, 0.15) is 32.6 Å². The van der Waals surface area contributed by atoms with Gasteiger partial charge in [0, 0.05) is 11.8 Å². The van der Waals surface area contributed by atoms with E-state index in [0.717, 1.165) is 22.6 Å². The molecule has 0 aliphatic carbocycles. The van der Waals surface area contributed by atoms with E-state index in [2.05, 4.69) is 31.0 Å². The fourth-order valence-corrected chi connectivity index (χ4v) is 2.57. The summed E-state index contributed by atoms with van der Waals surface area (Å²) in [6, 6.07) is 20.5. The Morgan fingerprint density at radius 1 is 1.00 bits per heavy atom. The number of carboxylic acid groups (broad SMARTS) is 1. The number of aromatic carboxylic acids is 1. The molecule has 0 fully saturated rings. The van der Waals surface area contributed by atoms with Crippen molar-refractivity contribution in [3.05, 3.63) is 94.5 Å². The van der Waals surface area contributed by atoms with Gasteiger partial charge in [0.25, 0.3) is 0 Å². The molecule has 27 heavy (non-hydrogen) atoms. The van der Waals surface area contributed by atoms with Crippen LogP contribution in [0.15, 0.2) is 71.7 Å². The molecule has 1 N–H and O–H groups in total. The minimum absolute atomic E-state index is 0.264. The molecule has 0 saturated heterocycles. The number of aliphatic imine (C=N–C) groups is 1. The summed E-state index contributed by atoms with van der Waals surface area (Å²) in [7, 11) is 0. The molecule has 0 aliphatic heterocycles. The summed E-state index contributed by atoms with van der Waals surface area (Å²) >= 11 is 0. The summed E-state index contributed by atoms with van der Waals surface area (Å²) in [5.74, 6) is -0.206. The summed E-state index contributed by atoms with van der Waals surface area (Å²) in [5, 5.41) is 8.96. The van der Waals surface area contributed by atoms with E-state index < -0.39 is 5.97 Å². The van der Waals surface area contributed by atoms with E-state index in [-0.39, 0.29) is 5.56 Å². The highest BCUT2D eigenvalue weighted by Gasteiger charge is 2.04.